The molecule has 0 spiro atoms. The Labute approximate surface area is 147 Å². The largest absolute Gasteiger partial charge is 0.493 e. The zero-order valence-electron chi connectivity index (χ0n) is 14.2. The fraction of sp³-hybridized carbons (Fsp3) is 0.400. The summed E-state index contributed by atoms with van der Waals surface area (Å²) in [6.07, 6.45) is 3.54. The van der Waals surface area contributed by atoms with E-state index < -0.39 is 0 Å². The summed E-state index contributed by atoms with van der Waals surface area (Å²) in [7, 11) is 0. The highest BCUT2D eigenvalue weighted by atomic mass is 16.5. The Hall–Kier alpha value is -2.40. The van der Waals surface area contributed by atoms with Crippen LogP contribution >= 0.6 is 0 Å². The minimum atomic E-state index is 0.0668. The summed E-state index contributed by atoms with van der Waals surface area (Å²) in [6, 6.07) is 11.9. The van der Waals surface area contributed by atoms with E-state index in [2.05, 4.69) is 11.1 Å². The van der Waals surface area contributed by atoms with E-state index in [1.54, 1.807) is 12.3 Å². The first kappa shape index (κ1) is 16.1. The summed E-state index contributed by atoms with van der Waals surface area (Å²) >= 11 is 0. The van der Waals surface area contributed by atoms with E-state index in [4.69, 9.17) is 9.47 Å². The summed E-state index contributed by atoms with van der Waals surface area (Å²) in [6.45, 7) is 3.23. The van der Waals surface area contributed by atoms with E-state index in [1.807, 2.05) is 29.2 Å². The Kier molecular flexibility index (Phi) is 4.65. The second-order valence-corrected chi connectivity index (χ2v) is 6.63. The van der Waals surface area contributed by atoms with Crippen LogP contribution in [0.4, 0.5) is 0 Å². The van der Waals surface area contributed by atoms with Gasteiger partial charge >= 0.3 is 0 Å². The predicted octanol–water partition coefficient (Wildman–Crippen LogP) is 2.35. The summed E-state index contributed by atoms with van der Waals surface area (Å²) < 4.78 is 11.2. The Bertz CT molecular complexity index is 756. The zero-order chi connectivity index (χ0) is 17.1. The van der Waals surface area contributed by atoms with Gasteiger partial charge in [-0.1, -0.05) is 18.2 Å². The highest BCUT2D eigenvalue weighted by Crippen LogP contribution is 2.28. The van der Waals surface area contributed by atoms with E-state index in [-0.39, 0.29) is 5.91 Å². The van der Waals surface area contributed by atoms with Crippen molar-refractivity contribution in [1.82, 2.24) is 9.88 Å². The van der Waals surface area contributed by atoms with Gasteiger partial charge in [-0.05, 0) is 36.6 Å². The number of amides is 1. The smallest absolute Gasteiger partial charge is 0.254 e. The molecule has 0 bridgehead atoms. The molecule has 3 heterocycles. The van der Waals surface area contributed by atoms with E-state index in [0.717, 1.165) is 24.3 Å². The van der Waals surface area contributed by atoms with Gasteiger partial charge in [0, 0.05) is 36.5 Å². The first-order chi connectivity index (χ1) is 12.3. The molecule has 25 heavy (non-hydrogen) atoms. The summed E-state index contributed by atoms with van der Waals surface area (Å²) in [5, 5.41) is 0. The molecular weight excluding hydrogens is 316 g/mol. The molecule has 0 radical (unpaired) electrons. The van der Waals surface area contributed by atoms with Crippen molar-refractivity contribution in [3.05, 3.63) is 59.4 Å². The molecular formula is C20H22N2O3. The third-order valence-corrected chi connectivity index (χ3v) is 4.82. The standard InChI is InChI=1S/C20H22N2O3/c23-20(22-7-9-24-10-8-22)17-5-6-21-18(13-17)12-15-11-16-3-1-2-4-19(16)25-14-15/h1-6,13,15H,7-12,14H2. The number of carbonyl (C=O) groups is 1. The third-order valence-electron chi connectivity index (χ3n) is 4.82. The van der Waals surface area contributed by atoms with Crippen LogP contribution in [0.3, 0.4) is 0 Å². The van der Waals surface area contributed by atoms with E-state index in [1.165, 1.54) is 5.56 Å². The molecule has 130 valence electrons. The minimum Gasteiger partial charge on any atom is -0.493 e. The first-order valence-electron chi connectivity index (χ1n) is 8.82. The van der Waals surface area contributed by atoms with Crippen LogP contribution in [0.25, 0.3) is 0 Å². The molecule has 2 aliphatic heterocycles. The maximum absolute atomic E-state index is 12.6. The van der Waals surface area contributed by atoms with Gasteiger partial charge < -0.3 is 14.4 Å². The zero-order valence-corrected chi connectivity index (χ0v) is 14.2. The van der Waals surface area contributed by atoms with Crippen LogP contribution in [0, 0.1) is 5.92 Å². The van der Waals surface area contributed by atoms with Crippen molar-refractivity contribution in [3.63, 3.8) is 0 Å². The second-order valence-electron chi connectivity index (χ2n) is 6.63. The number of para-hydroxylation sites is 1. The lowest BCUT2D eigenvalue weighted by molar-refractivity contribution is 0.0302. The Morgan fingerprint density at radius 3 is 2.92 bits per heavy atom. The van der Waals surface area contributed by atoms with E-state index >= 15 is 0 Å². The number of nitrogens with zero attached hydrogens (tertiary/aromatic N) is 2. The maximum Gasteiger partial charge on any atom is 0.254 e. The number of hydrogen-bond acceptors (Lipinski definition) is 4. The summed E-state index contributed by atoms with van der Waals surface area (Å²) in [4.78, 5) is 18.9. The van der Waals surface area contributed by atoms with Gasteiger partial charge in [0.15, 0.2) is 0 Å². The normalized spacial score (nSPS) is 19.8. The summed E-state index contributed by atoms with van der Waals surface area (Å²) in [5.41, 5.74) is 2.91. The van der Waals surface area contributed by atoms with Crippen molar-refractivity contribution < 1.29 is 14.3 Å². The van der Waals surface area contributed by atoms with Crippen molar-refractivity contribution in [1.29, 1.82) is 0 Å². The lowest BCUT2D eigenvalue weighted by Crippen LogP contribution is -2.40. The molecule has 2 aliphatic rings. The SMILES string of the molecule is O=C(c1ccnc(CC2COc3ccccc3C2)c1)N1CCOCC1. The molecule has 5 heteroatoms. The average Bonchev–Trinajstić information content (AvgIpc) is 2.68. The van der Waals surface area contributed by atoms with Crippen molar-refractivity contribution in [2.45, 2.75) is 12.8 Å². The van der Waals surface area contributed by atoms with Gasteiger partial charge in [0.1, 0.15) is 5.75 Å². The van der Waals surface area contributed by atoms with Crippen LogP contribution in [0.5, 0.6) is 5.75 Å². The third kappa shape index (κ3) is 3.66. The van der Waals surface area contributed by atoms with Crippen LogP contribution in [-0.2, 0) is 17.6 Å². The van der Waals surface area contributed by atoms with Gasteiger partial charge in [0.2, 0.25) is 0 Å². The predicted molar refractivity (Wildman–Crippen MR) is 93.8 cm³/mol. The van der Waals surface area contributed by atoms with Crippen LogP contribution in [-0.4, -0.2) is 48.7 Å². The molecule has 1 aromatic heterocycles. The fourth-order valence-electron chi connectivity index (χ4n) is 3.49. The molecule has 0 N–H and O–H groups in total. The molecule has 4 rings (SSSR count). The number of morpholine rings is 1. The molecule has 2 aromatic rings. The molecule has 1 fully saturated rings. The molecule has 0 aliphatic carbocycles. The molecule has 1 atom stereocenters. The van der Waals surface area contributed by atoms with Gasteiger partial charge in [0.05, 0.1) is 19.8 Å². The highest BCUT2D eigenvalue weighted by Gasteiger charge is 2.22. The van der Waals surface area contributed by atoms with Crippen molar-refractivity contribution in [3.8, 4) is 5.75 Å². The van der Waals surface area contributed by atoms with Crippen molar-refractivity contribution in [2.24, 2.45) is 5.92 Å². The molecule has 1 unspecified atom stereocenters. The number of carbonyl (C=O) groups excluding carboxylic acids is 1. The van der Waals surface area contributed by atoms with Crippen LogP contribution in [0.1, 0.15) is 21.6 Å². The number of rotatable bonds is 3. The highest BCUT2D eigenvalue weighted by molar-refractivity contribution is 5.94. The lowest BCUT2D eigenvalue weighted by Gasteiger charge is -2.27. The second kappa shape index (κ2) is 7.23. The number of ether oxygens (including phenoxy) is 2. The number of benzene rings is 1. The molecule has 1 amide bonds. The van der Waals surface area contributed by atoms with Crippen LogP contribution < -0.4 is 4.74 Å². The van der Waals surface area contributed by atoms with Gasteiger partial charge in [-0.15, -0.1) is 0 Å². The number of hydrogen-bond donors (Lipinski definition) is 0. The van der Waals surface area contributed by atoms with Crippen LogP contribution in [0.15, 0.2) is 42.6 Å². The van der Waals surface area contributed by atoms with Crippen LogP contribution in [0.2, 0.25) is 0 Å². The minimum absolute atomic E-state index is 0.0668. The number of fused-ring (bicyclic) bond motifs is 1. The molecule has 5 nitrogen and oxygen atoms in total. The maximum atomic E-state index is 12.6. The topological polar surface area (TPSA) is 51.7 Å². The molecule has 0 saturated carbocycles. The Morgan fingerprint density at radius 1 is 1.20 bits per heavy atom. The fourth-order valence-corrected chi connectivity index (χ4v) is 3.49. The van der Waals surface area contributed by atoms with Gasteiger partial charge in [-0.3, -0.25) is 9.78 Å². The molecule has 1 aromatic carbocycles. The average molecular weight is 338 g/mol. The number of aromatic nitrogens is 1. The molecule has 1 saturated heterocycles. The summed E-state index contributed by atoms with van der Waals surface area (Å²) in [5.74, 6) is 1.44. The quantitative estimate of drug-likeness (QED) is 0.862. The Balaban J connectivity index is 1.44. The van der Waals surface area contributed by atoms with Crippen molar-refractivity contribution in [2.75, 3.05) is 32.9 Å². The van der Waals surface area contributed by atoms with Gasteiger partial charge in [-0.25, -0.2) is 0 Å². The van der Waals surface area contributed by atoms with E-state index in [9.17, 15) is 4.79 Å². The van der Waals surface area contributed by atoms with Crippen molar-refractivity contribution >= 4 is 5.91 Å². The van der Waals surface area contributed by atoms with Gasteiger partial charge in [-0.2, -0.15) is 0 Å². The van der Waals surface area contributed by atoms with E-state index in [0.29, 0.717) is 44.4 Å². The van der Waals surface area contributed by atoms with Gasteiger partial charge in [0.25, 0.3) is 5.91 Å². The first-order valence-corrected chi connectivity index (χ1v) is 8.82. The number of pyridine rings is 1. The monoisotopic (exact) mass is 338 g/mol. The Morgan fingerprint density at radius 2 is 2.04 bits per heavy atom. The lowest BCUT2D eigenvalue weighted by atomic mass is 9.92.